The Labute approximate surface area is 221 Å². The lowest BCUT2D eigenvalue weighted by atomic mass is 9.85. The molecule has 8 nitrogen and oxygen atoms in total. The van der Waals surface area contributed by atoms with Crippen LogP contribution in [0.2, 0.25) is 0 Å². The van der Waals surface area contributed by atoms with E-state index in [0.29, 0.717) is 28.5 Å². The van der Waals surface area contributed by atoms with Crippen LogP contribution in [0.4, 0.5) is 10.5 Å². The van der Waals surface area contributed by atoms with E-state index in [4.69, 9.17) is 9.47 Å². The number of anilines is 1. The van der Waals surface area contributed by atoms with Gasteiger partial charge in [0.2, 0.25) is 0 Å². The SMILES string of the molecule is CC(C)(C)c1cc(CN2CCOCC2)cc(CN2C(=O)COc3ccc(C=C4SC(=O)NC4=O)cc32)c1. The minimum atomic E-state index is -0.413. The highest BCUT2D eigenvalue weighted by atomic mass is 32.2. The van der Waals surface area contributed by atoms with Gasteiger partial charge in [-0.25, -0.2) is 0 Å². The van der Waals surface area contributed by atoms with Crippen LogP contribution in [0.15, 0.2) is 41.3 Å². The van der Waals surface area contributed by atoms with Gasteiger partial charge in [-0.05, 0) is 57.6 Å². The number of carbonyl (C=O) groups excluding carboxylic acids is 3. The van der Waals surface area contributed by atoms with Crippen molar-refractivity contribution >= 4 is 40.6 Å². The first kappa shape index (κ1) is 25.5. The van der Waals surface area contributed by atoms with E-state index in [9.17, 15) is 14.4 Å². The third-order valence-electron chi connectivity index (χ3n) is 6.63. The molecule has 194 valence electrons. The Morgan fingerprint density at radius 2 is 1.73 bits per heavy atom. The number of nitrogens with one attached hydrogen (secondary N) is 1. The van der Waals surface area contributed by atoms with Crippen molar-refractivity contribution in [3.8, 4) is 5.75 Å². The number of nitrogens with zero attached hydrogens (tertiary/aromatic N) is 2. The first-order valence-electron chi connectivity index (χ1n) is 12.4. The molecule has 0 saturated carbocycles. The number of amides is 3. The summed E-state index contributed by atoms with van der Waals surface area (Å²) in [6.45, 7) is 11.1. The molecule has 3 aliphatic rings. The van der Waals surface area contributed by atoms with Crippen molar-refractivity contribution in [3.05, 3.63) is 63.6 Å². The maximum Gasteiger partial charge on any atom is 0.290 e. The summed E-state index contributed by atoms with van der Waals surface area (Å²) in [6.07, 6.45) is 1.66. The van der Waals surface area contributed by atoms with E-state index in [2.05, 4.69) is 49.2 Å². The molecular formula is C28H31N3O5S. The van der Waals surface area contributed by atoms with Gasteiger partial charge in [-0.1, -0.05) is 45.0 Å². The van der Waals surface area contributed by atoms with E-state index in [1.54, 1.807) is 17.0 Å². The van der Waals surface area contributed by atoms with E-state index in [0.717, 1.165) is 50.2 Å². The molecule has 37 heavy (non-hydrogen) atoms. The standard InChI is InChI=1S/C28H31N3O5S/c1-28(2,3)21-11-19(15-30-6-8-35-9-7-30)10-20(12-21)16-31-22-13-18(4-5-23(22)36-17-25(31)32)14-24-26(33)29-27(34)37-24/h4-5,10-14H,6-9,15-17H2,1-3H3,(H,29,33,34). The number of ether oxygens (including phenoxy) is 2. The van der Waals surface area contributed by atoms with E-state index < -0.39 is 5.91 Å². The summed E-state index contributed by atoms with van der Waals surface area (Å²) >= 11 is 0.867. The summed E-state index contributed by atoms with van der Waals surface area (Å²) in [4.78, 5) is 41.1. The second kappa shape index (κ2) is 10.3. The maximum atomic E-state index is 13.0. The van der Waals surface area contributed by atoms with Crippen molar-refractivity contribution in [1.82, 2.24) is 10.2 Å². The smallest absolute Gasteiger partial charge is 0.290 e. The fraction of sp³-hybridized carbons (Fsp3) is 0.393. The first-order chi connectivity index (χ1) is 17.7. The van der Waals surface area contributed by atoms with Gasteiger partial charge in [-0.15, -0.1) is 0 Å². The Morgan fingerprint density at radius 1 is 1.00 bits per heavy atom. The Morgan fingerprint density at radius 3 is 2.41 bits per heavy atom. The van der Waals surface area contributed by atoms with E-state index >= 15 is 0 Å². The normalized spacial score (nSPS) is 19.7. The van der Waals surface area contributed by atoms with Crippen LogP contribution in [0, 0.1) is 0 Å². The third-order valence-corrected chi connectivity index (χ3v) is 7.45. The van der Waals surface area contributed by atoms with Gasteiger partial charge in [0.25, 0.3) is 17.1 Å². The van der Waals surface area contributed by atoms with Gasteiger partial charge in [0.15, 0.2) is 6.61 Å². The molecule has 0 radical (unpaired) electrons. The van der Waals surface area contributed by atoms with Crippen molar-refractivity contribution in [2.45, 2.75) is 39.3 Å². The van der Waals surface area contributed by atoms with E-state index in [1.165, 1.54) is 11.1 Å². The van der Waals surface area contributed by atoms with E-state index in [-0.39, 0.29) is 23.2 Å². The number of hydrogen-bond acceptors (Lipinski definition) is 7. The molecule has 0 spiro atoms. The Bertz CT molecular complexity index is 1280. The molecule has 0 aromatic heterocycles. The summed E-state index contributed by atoms with van der Waals surface area (Å²) in [5, 5.41) is 1.88. The second-order valence-corrected chi connectivity index (χ2v) is 11.5. The highest BCUT2D eigenvalue weighted by Gasteiger charge is 2.28. The molecule has 1 N–H and O–H groups in total. The van der Waals surface area contributed by atoms with Crippen molar-refractivity contribution in [1.29, 1.82) is 0 Å². The first-order valence-corrected chi connectivity index (χ1v) is 13.2. The molecular weight excluding hydrogens is 490 g/mol. The van der Waals surface area contributed by atoms with E-state index in [1.807, 2.05) is 12.1 Å². The molecule has 2 aromatic rings. The molecule has 0 bridgehead atoms. The fourth-order valence-electron chi connectivity index (χ4n) is 4.63. The Balaban J connectivity index is 1.46. The highest BCUT2D eigenvalue weighted by molar-refractivity contribution is 8.18. The number of benzene rings is 2. The number of thioether (sulfide) groups is 1. The molecule has 0 aliphatic carbocycles. The summed E-state index contributed by atoms with van der Waals surface area (Å²) in [7, 11) is 0. The lowest BCUT2D eigenvalue weighted by molar-refractivity contribution is -0.121. The Hall–Kier alpha value is -3.14. The molecule has 3 amide bonds. The van der Waals surface area contributed by atoms with Gasteiger partial charge in [-0.3, -0.25) is 24.6 Å². The van der Waals surface area contributed by atoms with Gasteiger partial charge in [0, 0.05) is 19.6 Å². The topological polar surface area (TPSA) is 88.2 Å². The maximum absolute atomic E-state index is 13.0. The fourth-order valence-corrected chi connectivity index (χ4v) is 5.32. The third kappa shape index (κ3) is 5.89. The minimum Gasteiger partial charge on any atom is -0.482 e. The summed E-state index contributed by atoms with van der Waals surface area (Å²) < 4.78 is 11.2. The zero-order chi connectivity index (χ0) is 26.2. The molecule has 9 heteroatoms. The van der Waals surface area contributed by atoms with Gasteiger partial charge >= 0.3 is 0 Å². The second-order valence-electron chi connectivity index (χ2n) is 10.5. The van der Waals surface area contributed by atoms with Crippen LogP contribution >= 0.6 is 11.8 Å². The van der Waals surface area contributed by atoms with Crippen LogP contribution in [-0.4, -0.2) is 54.9 Å². The molecule has 2 aromatic carbocycles. The summed E-state index contributed by atoms with van der Waals surface area (Å²) in [5.74, 6) is 0.0712. The van der Waals surface area contributed by atoms with Crippen LogP contribution in [0.25, 0.3) is 6.08 Å². The molecule has 0 atom stereocenters. The number of carbonyl (C=O) groups is 3. The molecule has 3 heterocycles. The molecule has 2 fully saturated rings. The average Bonchev–Trinajstić information content (AvgIpc) is 3.17. The number of hydrogen-bond donors (Lipinski definition) is 1. The monoisotopic (exact) mass is 521 g/mol. The van der Waals surface area contributed by atoms with Crippen molar-refractivity contribution in [2.24, 2.45) is 0 Å². The van der Waals surface area contributed by atoms with Crippen LogP contribution in [-0.2, 0) is 32.8 Å². The number of fused-ring (bicyclic) bond motifs is 1. The van der Waals surface area contributed by atoms with Crippen LogP contribution in [0.1, 0.15) is 43.0 Å². The van der Waals surface area contributed by atoms with Gasteiger partial charge in [0.1, 0.15) is 5.75 Å². The molecule has 3 aliphatic heterocycles. The summed E-state index contributed by atoms with van der Waals surface area (Å²) in [6, 6.07) is 12.1. The van der Waals surface area contributed by atoms with Gasteiger partial charge < -0.3 is 14.4 Å². The lowest BCUT2D eigenvalue weighted by Crippen LogP contribution is -2.38. The number of rotatable bonds is 5. The summed E-state index contributed by atoms with van der Waals surface area (Å²) in [5.41, 5.74) is 4.82. The van der Waals surface area contributed by atoms with Gasteiger partial charge in [-0.2, -0.15) is 0 Å². The van der Waals surface area contributed by atoms with Crippen molar-refractivity contribution < 1.29 is 23.9 Å². The zero-order valence-electron chi connectivity index (χ0n) is 21.3. The quantitative estimate of drug-likeness (QED) is 0.594. The average molecular weight is 522 g/mol. The van der Waals surface area contributed by atoms with Crippen LogP contribution in [0.5, 0.6) is 5.75 Å². The predicted octanol–water partition coefficient (Wildman–Crippen LogP) is 4.07. The van der Waals surface area contributed by atoms with Crippen molar-refractivity contribution in [3.63, 3.8) is 0 Å². The lowest BCUT2D eigenvalue weighted by Gasteiger charge is -2.31. The van der Waals surface area contributed by atoms with Gasteiger partial charge in [0.05, 0.1) is 30.4 Å². The molecule has 5 rings (SSSR count). The number of imide groups is 1. The Kier molecular flexibility index (Phi) is 7.11. The zero-order valence-corrected chi connectivity index (χ0v) is 22.2. The van der Waals surface area contributed by atoms with Crippen molar-refractivity contribution in [2.75, 3.05) is 37.8 Å². The largest absolute Gasteiger partial charge is 0.482 e. The predicted molar refractivity (Wildman–Crippen MR) is 143 cm³/mol. The highest BCUT2D eigenvalue weighted by Crippen LogP contribution is 2.36. The van der Waals surface area contributed by atoms with Crippen LogP contribution < -0.4 is 15.0 Å². The molecule has 0 unspecified atom stereocenters. The molecule has 2 saturated heterocycles. The number of morpholine rings is 1. The minimum absolute atomic E-state index is 0.0280. The van der Waals surface area contributed by atoms with Crippen LogP contribution in [0.3, 0.4) is 0 Å².